The van der Waals surface area contributed by atoms with Crippen LogP contribution < -0.4 is 25.4 Å². The molecule has 1 aliphatic heterocycles. The second-order valence-electron chi connectivity index (χ2n) is 10.6. The highest BCUT2D eigenvalue weighted by atomic mass is 35.5. The minimum Gasteiger partial charge on any atom is -0.486 e. The molecule has 5 aromatic rings. The van der Waals surface area contributed by atoms with E-state index in [9.17, 15) is 10.1 Å². The van der Waals surface area contributed by atoms with Gasteiger partial charge in [0.25, 0.3) is 0 Å². The van der Waals surface area contributed by atoms with Gasteiger partial charge in [-0.3, -0.25) is 19.7 Å². The summed E-state index contributed by atoms with van der Waals surface area (Å²) in [4.78, 5) is 25.7. The van der Waals surface area contributed by atoms with Crippen LogP contribution in [-0.2, 0) is 17.9 Å². The van der Waals surface area contributed by atoms with Crippen molar-refractivity contribution in [2.24, 2.45) is 0 Å². The molecule has 2 aromatic carbocycles. The Morgan fingerprint density at radius 3 is 2.63 bits per heavy atom. The highest BCUT2D eigenvalue weighted by Crippen LogP contribution is 2.36. The zero-order valence-electron chi connectivity index (χ0n) is 24.8. The Hall–Kier alpha value is -5.50. The van der Waals surface area contributed by atoms with Gasteiger partial charge in [0.2, 0.25) is 5.91 Å². The van der Waals surface area contributed by atoms with Crippen LogP contribution in [-0.4, -0.2) is 33.9 Å². The molecule has 1 aliphatic rings. The van der Waals surface area contributed by atoms with Gasteiger partial charge in [-0.25, -0.2) is 0 Å². The van der Waals surface area contributed by atoms with E-state index in [0.717, 1.165) is 37.2 Å². The molecule has 0 atom stereocenters. The number of benzene rings is 2. The number of halogens is 1. The number of aromatic nitrogens is 3. The molecule has 11 heteroatoms. The fourth-order valence-electron chi connectivity index (χ4n) is 5.04. The first-order valence-corrected chi connectivity index (χ1v) is 15.1. The van der Waals surface area contributed by atoms with Crippen LogP contribution in [0.3, 0.4) is 0 Å². The molecule has 0 radical (unpaired) electrons. The molecule has 1 saturated heterocycles. The van der Waals surface area contributed by atoms with E-state index < -0.39 is 0 Å². The molecule has 3 N–H and O–H groups in total. The standard InChI is InChI=1S/C35H30ClN7O3/c36-30-17-26(4-5-32(30)45-22-27-3-1-2-10-40-27)43-35-25(19-37)21-41-31-18-33(46-28-8-13-39-14-9-28)24(16-29(31)35)20-42-34(44)15-23-6-11-38-12-7-23/h1-5,8-10,13-18,21,38H,6-7,11-12,20,22H2,(H,41,43)(H,42,44). The van der Waals surface area contributed by atoms with Gasteiger partial charge in [-0.2, -0.15) is 5.26 Å². The number of carbonyl (C=O) groups excluding carboxylic acids is 1. The second-order valence-corrected chi connectivity index (χ2v) is 11.0. The molecule has 0 bridgehead atoms. The number of nitrogens with one attached hydrogen (secondary N) is 3. The molecule has 0 spiro atoms. The molecule has 0 unspecified atom stereocenters. The van der Waals surface area contributed by atoms with Crippen molar-refractivity contribution in [3.8, 4) is 23.3 Å². The van der Waals surface area contributed by atoms with Crippen LogP contribution >= 0.6 is 11.6 Å². The summed E-state index contributed by atoms with van der Waals surface area (Å²) in [6.07, 6.45) is 9.88. The summed E-state index contributed by atoms with van der Waals surface area (Å²) in [5, 5.41) is 20.7. The maximum absolute atomic E-state index is 12.9. The molecule has 3 aromatic heterocycles. The fraction of sp³-hybridized carbons (Fsp3) is 0.171. The number of amides is 1. The van der Waals surface area contributed by atoms with Gasteiger partial charge in [0.05, 0.1) is 27.5 Å². The molecule has 1 amide bonds. The van der Waals surface area contributed by atoms with E-state index in [1.807, 2.05) is 30.3 Å². The predicted molar refractivity (Wildman–Crippen MR) is 176 cm³/mol. The van der Waals surface area contributed by atoms with E-state index in [1.165, 1.54) is 6.20 Å². The van der Waals surface area contributed by atoms with Crippen molar-refractivity contribution in [2.45, 2.75) is 26.0 Å². The summed E-state index contributed by atoms with van der Waals surface area (Å²) < 4.78 is 12.1. The zero-order chi connectivity index (χ0) is 31.7. The SMILES string of the molecule is N#Cc1cnc2cc(Oc3ccncc3)c(CNC(=O)C=C3CCNCC3)cc2c1Nc1ccc(OCc2ccccn2)c(Cl)c1. The third-order valence-corrected chi connectivity index (χ3v) is 7.68. The van der Waals surface area contributed by atoms with E-state index in [2.05, 4.69) is 37.0 Å². The van der Waals surface area contributed by atoms with Crippen LogP contribution in [0.1, 0.15) is 29.7 Å². The molecule has 230 valence electrons. The number of pyridine rings is 3. The Labute approximate surface area is 271 Å². The molecule has 4 heterocycles. The summed E-state index contributed by atoms with van der Waals surface area (Å²) in [5.74, 6) is 1.45. The second kappa shape index (κ2) is 14.5. The van der Waals surface area contributed by atoms with Gasteiger partial charge in [-0.1, -0.05) is 23.2 Å². The monoisotopic (exact) mass is 631 g/mol. The largest absolute Gasteiger partial charge is 0.486 e. The Bertz CT molecular complexity index is 1920. The van der Waals surface area contributed by atoms with Gasteiger partial charge in [0.1, 0.15) is 29.9 Å². The van der Waals surface area contributed by atoms with Gasteiger partial charge >= 0.3 is 0 Å². The Kier molecular flexibility index (Phi) is 9.63. The summed E-state index contributed by atoms with van der Waals surface area (Å²) in [7, 11) is 0. The van der Waals surface area contributed by atoms with Crippen LogP contribution in [0.2, 0.25) is 5.02 Å². The smallest absolute Gasteiger partial charge is 0.244 e. The highest BCUT2D eigenvalue weighted by Gasteiger charge is 2.16. The summed E-state index contributed by atoms with van der Waals surface area (Å²) in [6, 6.07) is 20.4. The number of nitriles is 1. The van der Waals surface area contributed by atoms with E-state index in [-0.39, 0.29) is 19.1 Å². The van der Waals surface area contributed by atoms with Crippen molar-refractivity contribution in [1.82, 2.24) is 25.6 Å². The van der Waals surface area contributed by atoms with Crippen LogP contribution in [0, 0.1) is 11.3 Å². The quantitative estimate of drug-likeness (QED) is 0.146. The average Bonchev–Trinajstić information content (AvgIpc) is 3.08. The lowest BCUT2D eigenvalue weighted by Crippen LogP contribution is -2.25. The lowest BCUT2D eigenvalue weighted by Gasteiger charge is -2.17. The third kappa shape index (κ3) is 7.58. The number of nitrogens with zero attached hydrogens (tertiary/aromatic N) is 4. The maximum atomic E-state index is 12.9. The zero-order valence-corrected chi connectivity index (χ0v) is 25.6. The van der Waals surface area contributed by atoms with Crippen molar-refractivity contribution >= 4 is 39.8 Å². The van der Waals surface area contributed by atoms with Crippen molar-refractivity contribution in [1.29, 1.82) is 5.26 Å². The van der Waals surface area contributed by atoms with Crippen molar-refractivity contribution in [2.75, 3.05) is 18.4 Å². The van der Waals surface area contributed by atoms with Crippen LogP contribution in [0.5, 0.6) is 17.2 Å². The number of piperidine rings is 1. The summed E-state index contributed by atoms with van der Waals surface area (Å²) >= 11 is 6.59. The van der Waals surface area contributed by atoms with E-state index in [4.69, 9.17) is 21.1 Å². The van der Waals surface area contributed by atoms with E-state index in [1.54, 1.807) is 55.0 Å². The van der Waals surface area contributed by atoms with E-state index in [0.29, 0.717) is 55.7 Å². The third-order valence-electron chi connectivity index (χ3n) is 7.39. The van der Waals surface area contributed by atoms with Crippen LogP contribution in [0.15, 0.2) is 97.1 Å². The van der Waals surface area contributed by atoms with Crippen molar-refractivity contribution < 1.29 is 14.3 Å². The first-order chi connectivity index (χ1) is 22.6. The van der Waals surface area contributed by atoms with Gasteiger partial charge in [-0.05, 0) is 74.5 Å². The molecule has 0 saturated carbocycles. The molecule has 1 fully saturated rings. The Balaban J connectivity index is 1.30. The number of rotatable bonds is 10. The Morgan fingerprint density at radius 1 is 1.02 bits per heavy atom. The average molecular weight is 632 g/mol. The number of hydrogen-bond acceptors (Lipinski definition) is 9. The number of carbonyl (C=O) groups is 1. The van der Waals surface area contributed by atoms with Gasteiger partial charge in [-0.15, -0.1) is 0 Å². The maximum Gasteiger partial charge on any atom is 0.244 e. The molecular formula is C35H30ClN7O3. The first-order valence-electron chi connectivity index (χ1n) is 14.8. The minimum absolute atomic E-state index is 0.172. The topological polar surface area (TPSA) is 134 Å². The molecule has 0 aliphatic carbocycles. The molecular weight excluding hydrogens is 602 g/mol. The van der Waals surface area contributed by atoms with Crippen LogP contribution in [0.4, 0.5) is 11.4 Å². The first kappa shape index (κ1) is 30.5. The van der Waals surface area contributed by atoms with Crippen LogP contribution in [0.25, 0.3) is 10.9 Å². The minimum atomic E-state index is -0.172. The Morgan fingerprint density at radius 2 is 1.87 bits per heavy atom. The summed E-state index contributed by atoms with van der Waals surface area (Å²) in [5.41, 5.74) is 4.74. The van der Waals surface area contributed by atoms with Crippen molar-refractivity contribution in [3.05, 3.63) is 119 Å². The predicted octanol–water partition coefficient (Wildman–Crippen LogP) is 6.59. The normalized spacial score (nSPS) is 12.7. The number of hydrogen-bond donors (Lipinski definition) is 3. The number of anilines is 2. The molecule has 46 heavy (non-hydrogen) atoms. The molecule has 10 nitrogen and oxygen atoms in total. The number of ether oxygens (including phenoxy) is 2. The lowest BCUT2D eigenvalue weighted by molar-refractivity contribution is -0.116. The van der Waals surface area contributed by atoms with E-state index >= 15 is 0 Å². The van der Waals surface area contributed by atoms with Gasteiger partial charge in [0.15, 0.2) is 0 Å². The highest BCUT2D eigenvalue weighted by molar-refractivity contribution is 6.32. The molecule has 6 rings (SSSR count). The lowest BCUT2D eigenvalue weighted by atomic mass is 10.0. The fourth-order valence-corrected chi connectivity index (χ4v) is 5.27. The van der Waals surface area contributed by atoms with Crippen molar-refractivity contribution in [3.63, 3.8) is 0 Å². The van der Waals surface area contributed by atoms with Gasteiger partial charge in [0, 0.05) is 60.1 Å². The number of fused-ring (bicyclic) bond motifs is 1. The summed E-state index contributed by atoms with van der Waals surface area (Å²) in [6.45, 7) is 2.20. The van der Waals surface area contributed by atoms with Gasteiger partial charge < -0.3 is 25.4 Å².